The number of esters is 1. The maximum atomic E-state index is 13.2. The van der Waals surface area contributed by atoms with E-state index in [9.17, 15) is 14.0 Å². The Morgan fingerprint density at radius 1 is 1.42 bits per heavy atom. The number of benzene rings is 1. The summed E-state index contributed by atoms with van der Waals surface area (Å²) >= 11 is 0. The van der Waals surface area contributed by atoms with Gasteiger partial charge in [0.05, 0.1) is 13.0 Å². The monoisotopic (exact) mass is 265 g/mol. The van der Waals surface area contributed by atoms with Crippen molar-refractivity contribution >= 4 is 17.6 Å². The van der Waals surface area contributed by atoms with Crippen LogP contribution in [0.1, 0.15) is 25.3 Å². The van der Waals surface area contributed by atoms with Gasteiger partial charge >= 0.3 is 5.97 Å². The third kappa shape index (κ3) is 3.10. The van der Waals surface area contributed by atoms with Crippen molar-refractivity contribution in [1.29, 1.82) is 0 Å². The average Bonchev–Trinajstić information content (AvgIpc) is 2.38. The predicted molar refractivity (Wildman–Crippen MR) is 68.3 cm³/mol. The first-order valence-corrected chi connectivity index (χ1v) is 6.36. The Balaban J connectivity index is 2.12. The van der Waals surface area contributed by atoms with E-state index in [1.807, 2.05) is 0 Å². The van der Waals surface area contributed by atoms with E-state index in [1.165, 1.54) is 17.0 Å². The molecule has 0 bridgehead atoms. The SMILES string of the molecule is CCOC(=O)CCN1C(=O)CCc2cc(F)ccc21. The Labute approximate surface area is 111 Å². The molecule has 2 rings (SSSR count). The van der Waals surface area contributed by atoms with Crippen LogP contribution in [0.5, 0.6) is 0 Å². The number of ether oxygens (including phenoxy) is 1. The molecule has 0 N–H and O–H groups in total. The van der Waals surface area contributed by atoms with Crippen LogP contribution in [0, 0.1) is 5.82 Å². The fraction of sp³-hybridized carbons (Fsp3) is 0.429. The van der Waals surface area contributed by atoms with Crippen molar-refractivity contribution in [2.45, 2.75) is 26.2 Å². The van der Waals surface area contributed by atoms with Gasteiger partial charge in [-0.25, -0.2) is 4.39 Å². The number of fused-ring (bicyclic) bond motifs is 1. The molecule has 1 aliphatic heterocycles. The zero-order chi connectivity index (χ0) is 13.8. The second-order valence-electron chi connectivity index (χ2n) is 4.37. The van der Waals surface area contributed by atoms with Gasteiger partial charge in [-0.15, -0.1) is 0 Å². The van der Waals surface area contributed by atoms with Crippen LogP contribution < -0.4 is 4.90 Å². The van der Waals surface area contributed by atoms with Gasteiger partial charge in [-0.1, -0.05) is 0 Å². The summed E-state index contributed by atoms with van der Waals surface area (Å²) in [7, 11) is 0. The largest absolute Gasteiger partial charge is 0.466 e. The Kier molecular flexibility index (Phi) is 4.14. The molecular formula is C14H16FNO3. The number of hydrogen-bond acceptors (Lipinski definition) is 3. The number of anilines is 1. The number of halogens is 1. The minimum Gasteiger partial charge on any atom is -0.466 e. The van der Waals surface area contributed by atoms with Gasteiger partial charge in [0.15, 0.2) is 0 Å². The van der Waals surface area contributed by atoms with Crippen molar-refractivity contribution < 1.29 is 18.7 Å². The molecular weight excluding hydrogens is 249 g/mol. The number of rotatable bonds is 4. The molecule has 0 aromatic heterocycles. The fourth-order valence-electron chi connectivity index (χ4n) is 2.21. The third-order valence-corrected chi connectivity index (χ3v) is 3.09. The van der Waals surface area contributed by atoms with E-state index in [4.69, 9.17) is 4.74 Å². The summed E-state index contributed by atoms with van der Waals surface area (Å²) in [6, 6.07) is 4.36. The Bertz CT molecular complexity index is 501. The highest BCUT2D eigenvalue weighted by molar-refractivity contribution is 5.96. The normalized spacial score (nSPS) is 14.2. The van der Waals surface area contributed by atoms with Crippen LogP contribution in [-0.4, -0.2) is 25.0 Å². The van der Waals surface area contributed by atoms with E-state index < -0.39 is 0 Å². The maximum absolute atomic E-state index is 13.2. The number of carbonyl (C=O) groups is 2. The average molecular weight is 265 g/mol. The van der Waals surface area contributed by atoms with E-state index in [2.05, 4.69) is 0 Å². The third-order valence-electron chi connectivity index (χ3n) is 3.09. The zero-order valence-electron chi connectivity index (χ0n) is 10.8. The van der Waals surface area contributed by atoms with Crippen LogP contribution in [0.4, 0.5) is 10.1 Å². The molecule has 102 valence electrons. The summed E-state index contributed by atoms with van der Waals surface area (Å²) in [5.41, 5.74) is 1.51. The van der Waals surface area contributed by atoms with Crippen LogP contribution in [-0.2, 0) is 20.7 Å². The quantitative estimate of drug-likeness (QED) is 0.783. The van der Waals surface area contributed by atoms with E-state index in [0.29, 0.717) is 25.1 Å². The number of aryl methyl sites for hydroxylation is 1. The topological polar surface area (TPSA) is 46.6 Å². The lowest BCUT2D eigenvalue weighted by atomic mass is 10.0. The van der Waals surface area contributed by atoms with E-state index in [1.54, 1.807) is 13.0 Å². The summed E-state index contributed by atoms with van der Waals surface area (Å²) in [5.74, 6) is -0.675. The van der Waals surface area contributed by atoms with Crippen molar-refractivity contribution in [2.75, 3.05) is 18.1 Å². The maximum Gasteiger partial charge on any atom is 0.307 e. The first-order chi connectivity index (χ1) is 9.11. The van der Waals surface area contributed by atoms with Crippen LogP contribution in [0.3, 0.4) is 0 Å². The van der Waals surface area contributed by atoms with Crippen molar-refractivity contribution in [3.8, 4) is 0 Å². The van der Waals surface area contributed by atoms with Gasteiger partial charge < -0.3 is 9.64 Å². The van der Waals surface area contributed by atoms with E-state index in [0.717, 1.165) is 5.56 Å². The van der Waals surface area contributed by atoms with Crippen LogP contribution in [0.15, 0.2) is 18.2 Å². The van der Waals surface area contributed by atoms with Gasteiger partial charge in [-0.05, 0) is 37.1 Å². The number of nitrogens with zero attached hydrogens (tertiary/aromatic N) is 1. The predicted octanol–water partition coefficient (Wildman–Crippen LogP) is 2.06. The van der Waals surface area contributed by atoms with Crippen molar-refractivity contribution in [1.82, 2.24) is 0 Å². The summed E-state index contributed by atoms with van der Waals surface area (Å²) in [6.07, 6.45) is 1.04. The lowest BCUT2D eigenvalue weighted by Crippen LogP contribution is -2.36. The van der Waals surface area contributed by atoms with Gasteiger partial charge in [0.25, 0.3) is 0 Å². The zero-order valence-corrected chi connectivity index (χ0v) is 10.8. The molecule has 0 atom stereocenters. The molecule has 0 saturated heterocycles. The van der Waals surface area contributed by atoms with Gasteiger partial charge in [-0.3, -0.25) is 9.59 Å². The molecule has 1 amide bonds. The second-order valence-corrected chi connectivity index (χ2v) is 4.37. The highest BCUT2D eigenvalue weighted by Crippen LogP contribution is 2.28. The lowest BCUT2D eigenvalue weighted by Gasteiger charge is -2.29. The lowest BCUT2D eigenvalue weighted by molar-refractivity contribution is -0.142. The first kappa shape index (κ1) is 13.5. The molecule has 1 aromatic rings. The minimum atomic E-state index is -0.329. The molecule has 0 fully saturated rings. The van der Waals surface area contributed by atoms with Crippen molar-refractivity contribution in [2.24, 2.45) is 0 Å². The van der Waals surface area contributed by atoms with Crippen molar-refractivity contribution in [3.63, 3.8) is 0 Å². The summed E-state index contributed by atoms with van der Waals surface area (Å²) in [6.45, 7) is 2.34. The van der Waals surface area contributed by atoms with Gasteiger partial charge in [0, 0.05) is 18.7 Å². The van der Waals surface area contributed by atoms with Crippen molar-refractivity contribution in [3.05, 3.63) is 29.6 Å². The van der Waals surface area contributed by atoms with Crippen LogP contribution in [0.2, 0.25) is 0 Å². The molecule has 1 aliphatic rings. The smallest absolute Gasteiger partial charge is 0.307 e. The first-order valence-electron chi connectivity index (χ1n) is 6.36. The second kappa shape index (κ2) is 5.82. The van der Waals surface area contributed by atoms with Gasteiger partial charge in [0.2, 0.25) is 5.91 Å². The minimum absolute atomic E-state index is 0.0385. The molecule has 19 heavy (non-hydrogen) atoms. The summed E-state index contributed by atoms with van der Waals surface area (Å²) < 4.78 is 18.0. The highest BCUT2D eigenvalue weighted by atomic mass is 19.1. The number of amides is 1. The molecule has 5 heteroatoms. The summed E-state index contributed by atoms with van der Waals surface area (Å²) in [4.78, 5) is 24.8. The van der Waals surface area contributed by atoms with E-state index >= 15 is 0 Å². The molecule has 4 nitrogen and oxygen atoms in total. The number of carbonyl (C=O) groups excluding carboxylic acids is 2. The molecule has 0 spiro atoms. The molecule has 1 heterocycles. The Hall–Kier alpha value is -1.91. The highest BCUT2D eigenvalue weighted by Gasteiger charge is 2.24. The van der Waals surface area contributed by atoms with Gasteiger partial charge in [0.1, 0.15) is 5.82 Å². The van der Waals surface area contributed by atoms with Crippen LogP contribution >= 0.6 is 0 Å². The van der Waals surface area contributed by atoms with E-state index in [-0.39, 0.29) is 30.7 Å². The molecule has 0 radical (unpaired) electrons. The molecule has 1 aromatic carbocycles. The summed E-state index contributed by atoms with van der Waals surface area (Å²) in [5, 5.41) is 0. The van der Waals surface area contributed by atoms with Gasteiger partial charge in [-0.2, -0.15) is 0 Å². The Morgan fingerprint density at radius 2 is 2.21 bits per heavy atom. The molecule has 0 unspecified atom stereocenters. The fourth-order valence-corrected chi connectivity index (χ4v) is 2.21. The molecule has 0 aliphatic carbocycles. The van der Waals surface area contributed by atoms with Crippen LogP contribution in [0.25, 0.3) is 0 Å². The standard InChI is InChI=1S/C14H16FNO3/c1-2-19-14(18)7-8-16-12-5-4-11(15)9-10(12)3-6-13(16)17/h4-5,9H,2-3,6-8H2,1H3. The number of hydrogen-bond donors (Lipinski definition) is 0. The molecule has 0 saturated carbocycles. The Morgan fingerprint density at radius 3 is 2.95 bits per heavy atom.